The van der Waals surface area contributed by atoms with E-state index in [-0.39, 0.29) is 5.91 Å². The predicted octanol–water partition coefficient (Wildman–Crippen LogP) is 2.47. The third-order valence-electron chi connectivity index (χ3n) is 3.73. The lowest BCUT2D eigenvalue weighted by atomic mass is 10.1. The molecule has 25 heavy (non-hydrogen) atoms. The summed E-state index contributed by atoms with van der Waals surface area (Å²) < 4.78 is 10.7. The van der Waals surface area contributed by atoms with Gasteiger partial charge in [-0.05, 0) is 30.2 Å². The van der Waals surface area contributed by atoms with Crippen molar-refractivity contribution in [2.75, 3.05) is 33.4 Å². The fourth-order valence-electron chi connectivity index (χ4n) is 2.33. The van der Waals surface area contributed by atoms with Crippen LogP contribution in [0.15, 0.2) is 54.6 Å². The van der Waals surface area contributed by atoms with Gasteiger partial charge in [-0.25, -0.2) is 0 Å². The van der Waals surface area contributed by atoms with E-state index >= 15 is 0 Å². The molecule has 1 amide bonds. The van der Waals surface area contributed by atoms with Crippen LogP contribution in [0.5, 0.6) is 5.75 Å². The lowest BCUT2D eigenvalue weighted by molar-refractivity contribution is -0.127. The van der Waals surface area contributed by atoms with E-state index in [0.717, 1.165) is 17.7 Å². The number of carbonyl (C=O) groups is 1. The molecule has 0 aromatic heterocycles. The summed E-state index contributed by atoms with van der Waals surface area (Å²) in [7, 11) is 1.66. The summed E-state index contributed by atoms with van der Waals surface area (Å²) in [6, 6.07) is 17.9. The zero-order chi connectivity index (χ0) is 17.9. The van der Waals surface area contributed by atoms with E-state index in [1.807, 2.05) is 42.5 Å². The first kappa shape index (κ1) is 19.0. The number of ether oxygens (including phenoxy) is 2. The number of nitrogens with one attached hydrogen (secondary N) is 2. The second-order valence-corrected chi connectivity index (χ2v) is 5.68. The minimum atomic E-state index is -0.540. The molecule has 0 aliphatic rings. The number of benzene rings is 2. The number of hydrogen-bond acceptors (Lipinski definition) is 4. The standard InChI is InChI=1S/C20H26N2O3/c1-16(20(23)22-13-12-21-14-15-24-2)25-19-10-8-18(9-11-19)17-6-4-3-5-7-17/h3-11,16,21H,12-15H2,1-2H3,(H,22,23). The van der Waals surface area contributed by atoms with Crippen LogP contribution in [0.25, 0.3) is 11.1 Å². The van der Waals surface area contributed by atoms with Crippen molar-refractivity contribution in [3.8, 4) is 16.9 Å². The molecule has 5 heteroatoms. The maximum Gasteiger partial charge on any atom is 0.260 e. The molecule has 0 saturated carbocycles. The maximum absolute atomic E-state index is 12.0. The Hall–Kier alpha value is -2.37. The van der Waals surface area contributed by atoms with Gasteiger partial charge in [-0.2, -0.15) is 0 Å². The fraction of sp³-hybridized carbons (Fsp3) is 0.350. The van der Waals surface area contributed by atoms with Crippen LogP contribution in [-0.4, -0.2) is 45.4 Å². The highest BCUT2D eigenvalue weighted by Gasteiger charge is 2.13. The van der Waals surface area contributed by atoms with Crippen LogP contribution in [0.2, 0.25) is 0 Å². The molecule has 0 aliphatic carbocycles. The first-order valence-corrected chi connectivity index (χ1v) is 8.50. The van der Waals surface area contributed by atoms with E-state index in [1.165, 1.54) is 0 Å². The van der Waals surface area contributed by atoms with Gasteiger partial charge in [-0.1, -0.05) is 42.5 Å². The average Bonchev–Trinajstić information content (AvgIpc) is 2.65. The van der Waals surface area contributed by atoms with Gasteiger partial charge in [0.1, 0.15) is 5.75 Å². The molecule has 0 heterocycles. The van der Waals surface area contributed by atoms with Crippen molar-refractivity contribution in [1.82, 2.24) is 10.6 Å². The van der Waals surface area contributed by atoms with Crippen LogP contribution >= 0.6 is 0 Å². The largest absolute Gasteiger partial charge is 0.481 e. The van der Waals surface area contributed by atoms with E-state index < -0.39 is 6.10 Å². The van der Waals surface area contributed by atoms with Gasteiger partial charge in [0.05, 0.1) is 6.61 Å². The summed E-state index contributed by atoms with van der Waals surface area (Å²) in [5, 5.41) is 6.02. The third-order valence-corrected chi connectivity index (χ3v) is 3.73. The Balaban J connectivity index is 1.76. The summed E-state index contributed by atoms with van der Waals surface area (Å²) in [6.45, 7) is 4.44. The summed E-state index contributed by atoms with van der Waals surface area (Å²) in [5.41, 5.74) is 2.27. The summed E-state index contributed by atoms with van der Waals surface area (Å²) in [4.78, 5) is 12.0. The zero-order valence-corrected chi connectivity index (χ0v) is 14.8. The number of amides is 1. The number of hydrogen-bond donors (Lipinski definition) is 2. The highest BCUT2D eigenvalue weighted by atomic mass is 16.5. The first-order chi connectivity index (χ1) is 12.2. The SMILES string of the molecule is COCCNCCNC(=O)C(C)Oc1ccc(-c2ccccc2)cc1. The topological polar surface area (TPSA) is 59.6 Å². The summed E-state index contributed by atoms with van der Waals surface area (Å²) in [6.07, 6.45) is -0.540. The molecule has 5 nitrogen and oxygen atoms in total. The quantitative estimate of drug-likeness (QED) is 0.651. The van der Waals surface area contributed by atoms with E-state index in [1.54, 1.807) is 14.0 Å². The van der Waals surface area contributed by atoms with Gasteiger partial charge < -0.3 is 20.1 Å². The van der Waals surface area contributed by atoms with Crippen molar-refractivity contribution in [2.45, 2.75) is 13.0 Å². The van der Waals surface area contributed by atoms with Crippen molar-refractivity contribution < 1.29 is 14.3 Å². The predicted molar refractivity (Wildman–Crippen MR) is 99.7 cm³/mol. The normalized spacial score (nSPS) is 11.8. The molecule has 0 aliphatic heterocycles. The Morgan fingerprint density at radius 1 is 0.960 bits per heavy atom. The van der Waals surface area contributed by atoms with Crippen LogP contribution in [0.1, 0.15) is 6.92 Å². The molecule has 134 valence electrons. The van der Waals surface area contributed by atoms with Crippen LogP contribution in [0, 0.1) is 0 Å². The second-order valence-electron chi connectivity index (χ2n) is 5.68. The Morgan fingerprint density at radius 3 is 2.32 bits per heavy atom. The lowest BCUT2D eigenvalue weighted by Gasteiger charge is -2.15. The van der Waals surface area contributed by atoms with Gasteiger partial charge in [-0.15, -0.1) is 0 Å². The van der Waals surface area contributed by atoms with E-state index in [4.69, 9.17) is 9.47 Å². The second kappa shape index (κ2) is 10.5. The Labute approximate surface area is 149 Å². The Kier molecular flexibility index (Phi) is 7.95. The smallest absolute Gasteiger partial charge is 0.260 e. The summed E-state index contributed by atoms with van der Waals surface area (Å²) >= 11 is 0. The molecule has 0 bridgehead atoms. The molecule has 0 fully saturated rings. The van der Waals surface area contributed by atoms with Crippen LogP contribution in [0.4, 0.5) is 0 Å². The summed E-state index contributed by atoms with van der Waals surface area (Å²) in [5.74, 6) is 0.557. The van der Waals surface area contributed by atoms with E-state index in [2.05, 4.69) is 22.8 Å². The minimum absolute atomic E-state index is 0.124. The highest BCUT2D eigenvalue weighted by molar-refractivity contribution is 5.80. The molecular formula is C20H26N2O3. The van der Waals surface area contributed by atoms with Crippen molar-refractivity contribution >= 4 is 5.91 Å². The Bertz CT molecular complexity index is 629. The fourth-order valence-corrected chi connectivity index (χ4v) is 2.33. The van der Waals surface area contributed by atoms with Gasteiger partial charge in [0.25, 0.3) is 5.91 Å². The van der Waals surface area contributed by atoms with Crippen molar-refractivity contribution in [3.05, 3.63) is 54.6 Å². The number of rotatable bonds is 10. The molecule has 2 N–H and O–H groups in total. The number of carbonyl (C=O) groups excluding carboxylic acids is 1. The molecule has 0 radical (unpaired) electrons. The number of methoxy groups -OCH3 is 1. The monoisotopic (exact) mass is 342 g/mol. The average molecular weight is 342 g/mol. The molecule has 1 atom stereocenters. The minimum Gasteiger partial charge on any atom is -0.481 e. The zero-order valence-electron chi connectivity index (χ0n) is 14.8. The van der Waals surface area contributed by atoms with Gasteiger partial charge in [0.15, 0.2) is 6.10 Å². The molecular weight excluding hydrogens is 316 g/mol. The van der Waals surface area contributed by atoms with Gasteiger partial charge in [-0.3, -0.25) is 4.79 Å². The maximum atomic E-state index is 12.0. The van der Waals surface area contributed by atoms with Gasteiger partial charge >= 0.3 is 0 Å². The lowest BCUT2D eigenvalue weighted by Crippen LogP contribution is -2.40. The third kappa shape index (κ3) is 6.57. The van der Waals surface area contributed by atoms with Crippen molar-refractivity contribution in [3.63, 3.8) is 0 Å². The van der Waals surface area contributed by atoms with E-state index in [0.29, 0.717) is 25.4 Å². The van der Waals surface area contributed by atoms with Crippen LogP contribution < -0.4 is 15.4 Å². The van der Waals surface area contributed by atoms with Gasteiger partial charge in [0, 0.05) is 26.7 Å². The van der Waals surface area contributed by atoms with Crippen LogP contribution in [0.3, 0.4) is 0 Å². The molecule has 2 rings (SSSR count). The molecule has 2 aromatic rings. The van der Waals surface area contributed by atoms with Crippen molar-refractivity contribution in [1.29, 1.82) is 0 Å². The molecule has 1 unspecified atom stereocenters. The first-order valence-electron chi connectivity index (χ1n) is 8.50. The molecule has 0 spiro atoms. The van der Waals surface area contributed by atoms with E-state index in [9.17, 15) is 4.79 Å². The van der Waals surface area contributed by atoms with Gasteiger partial charge in [0.2, 0.25) is 0 Å². The Morgan fingerprint density at radius 2 is 1.64 bits per heavy atom. The molecule has 2 aromatic carbocycles. The van der Waals surface area contributed by atoms with Crippen molar-refractivity contribution in [2.24, 2.45) is 0 Å². The molecule has 0 saturated heterocycles. The van der Waals surface area contributed by atoms with Crippen LogP contribution in [-0.2, 0) is 9.53 Å². The highest BCUT2D eigenvalue weighted by Crippen LogP contribution is 2.22.